The largest absolute Gasteiger partial charge is 0.519 e. The third kappa shape index (κ3) is 2.53. The molecule has 0 radical (unpaired) electrons. The summed E-state index contributed by atoms with van der Waals surface area (Å²) in [6.45, 7) is 0. The van der Waals surface area contributed by atoms with E-state index in [9.17, 15) is 26.4 Å². The van der Waals surface area contributed by atoms with Crippen LogP contribution in [0.2, 0.25) is 0 Å². The van der Waals surface area contributed by atoms with Crippen LogP contribution in [0.5, 0.6) is 0 Å². The van der Waals surface area contributed by atoms with Crippen molar-refractivity contribution in [2.24, 2.45) is 0 Å². The van der Waals surface area contributed by atoms with Gasteiger partial charge in [-0.15, -0.1) is 0 Å². The van der Waals surface area contributed by atoms with Crippen molar-refractivity contribution in [3.63, 3.8) is 0 Å². The lowest BCUT2D eigenvalue weighted by atomic mass is 9.99. The van der Waals surface area contributed by atoms with E-state index >= 15 is 0 Å². The third-order valence-corrected chi connectivity index (χ3v) is 7.66. The number of halogens is 3. The maximum atomic E-state index is 13.6. The maximum absolute atomic E-state index is 13.6. The van der Waals surface area contributed by atoms with Crippen molar-refractivity contribution in [2.75, 3.05) is 0 Å². The average molecular weight is 463 g/mol. The molecule has 2 unspecified atom stereocenters. The first-order valence-corrected chi connectivity index (χ1v) is 10.8. The number of fused-ring (bicyclic) bond motifs is 8. The summed E-state index contributed by atoms with van der Waals surface area (Å²) in [5, 5.41) is 0. The molecule has 32 heavy (non-hydrogen) atoms. The molecule has 3 aromatic rings. The van der Waals surface area contributed by atoms with Crippen LogP contribution in [0.1, 0.15) is 28.8 Å². The number of hydrogen-bond donors (Lipinski definition) is 2. The third-order valence-electron chi connectivity index (χ3n) is 5.80. The molecule has 2 atom stereocenters. The first-order valence-electron chi connectivity index (χ1n) is 9.37. The minimum absolute atomic E-state index is 0.175. The van der Waals surface area contributed by atoms with Crippen LogP contribution < -0.4 is 16.7 Å². The Morgan fingerprint density at radius 1 is 1.00 bits per heavy atom. The zero-order valence-electron chi connectivity index (χ0n) is 15.8. The molecule has 1 aromatic heterocycles. The van der Waals surface area contributed by atoms with Gasteiger partial charge in [0.2, 0.25) is 10.0 Å². The zero-order valence-corrected chi connectivity index (χ0v) is 16.6. The Morgan fingerprint density at radius 2 is 1.66 bits per heavy atom. The summed E-state index contributed by atoms with van der Waals surface area (Å²) in [6.07, 6.45) is -1.27. The Morgan fingerprint density at radius 3 is 2.31 bits per heavy atom. The van der Waals surface area contributed by atoms with Crippen molar-refractivity contribution in [1.29, 1.82) is 0 Å². The Balaban J connectivity index is 1.52. The van der Waals surface area contributed by atoms with Crippen molar-refractivity contribution in [2.45, 2.75) is 23.2 Å². The van der Waals surface area contributed by atoms with E-state index in [4.69, 9.17) is 8.83 Å². The van der Waals surface area contributed by atoms with Gasteiger partial charge in [0.25, 0.3) is 0 Å². The molecule has 2 bridgehead atoms. The van der Waals surface area contributed by atoms with Gasteiger partial charge in [-0.25, -0.2) is 13.2 Å². The van der Waals surface area contributed by atoms with Crippen molar-refractivity contribution in [1.82, 2.24) is 15.2 Å². The molecule has 4 heterocycles. The van der Waals surface area contributed by atoms with E-state index in [-0.39, 0.29) is 16.1 Å². The highest BCUT2D eigenvalue weighted by molar-refractivity contribution is 7.89. The summed E-state index contributed by atoms with van der Waals surface area (Å²) in [5.41, 5.74) is 7.69. The Labute approximate surface area is 177 Å². The first-order chi connectivity index (χ1) is 15.1. The molecule has 164 valence electrons. The molecule has 0 amide bonds. The van der Waals surface area contributed by atoms with Crippen molar-refractivity contribution in [3.8, 4) is 0 Å². The Bertz CT molecular complexity index is 1520. The molecule has 0 saturated carbocycles. The van der Waals surface area contributed by atoms with Gasteiger partial charge in [-0.2, -0.15) is 17.5 Å². The molecular formula is C20H12F3N3O5S. The molecule has 0 aliphatic carbocycles. The van der Waals surface area contributed by atoms with E-state index in [0.29, 0.717) is 22.4 Å². The van der Waals surface area contributed by atoms with Gasteiger partial charge in [0, 0.05) is 11.8 Å². The zero-order chi connectivity index (χ0) is 22.4. The van der Waals surface area contributed by atoms with Gasteiger partial charge in [0.1, 0.15) is 0 Å². The number of nitrogens with one attached hydrogen (secondary N) is 2. The Kier molecular flexibility index (Phi) is 3.63. The van der Waals surface area contributed by atoms with E-state index in [1.54, 1.807) is 24.4 Å². The summed E-state index contributed by atoms with van der Waals surface area (Å²) in [5.74, 6) is -0.872. The molecule has 3 aliphatic heterocycles. The molecule has 12 heteroatoms. The fraction of sp³-hybridized carbons (Fsp3) is 0.150. The quantitative estimate of drug-likeness (QED) is 0.602. The van der Waals surface area contributed by atoms with Gasteiger partial charge < -0.3 is 19.7 Å². The van der Waals surface area contributed by atoms with E-state index in [1.807, 2.05) is 0 Å². The number of hydrazine groups is 1. The lowest BCUT2D eigenvalue weighted by Gasteiger charge is -2.33. The smallest absolute Gasteiger partial charge is 0.391 e. The summed E-state index contributed by atoms with van der Waals surface area (Å²) in [4.78, 5) is 11.2. The molecule has 2 aromatic carbocycles. The lowest BCUT2D eigenvalue weighted by molar-refractivity contribution is -0.137. The van der Waals surface area contributed by atoms with Gasteiger partial charge in [-0.05, 0) is 53.6 Å². The van der Waals surface area contributed by atoms with Crippen LogP contribution in [0.15, 0.2) is 78.5 Å². The molecule has 8 nitrogen and oxygen atoms in total. The predicted molar refractivity (Wildman–Crippen MR) is 103 cm³/mol. The number of benzene rings is 2. The van der Waals surface area contributed by atoms with E-state index in [0.717, 1.165) is 24.3 Å². The normalized spacial score (nSPS) is 22.1. The fourth-order valence-corrected chi connectivity index (χ4v) is 6.14. The summed E-state index contributed by atoms with van der Waals surface area (Å²) in [7, 11) is -4.22. The van der Waals surface area contributed by atoms with Gasteiger partial charge >= 0.3 is 12.0 Å². The van der Waals surface area contributed by atoms with Crippen LogP contribution >= 0.6 is 0 Å². The first kappa shape index (κ1) is 19.2. The van der Waals surface area contributed by atoms with E-state index in [1.165, 1.54) is 4.31 Å². The molecule has 6 rings (SSSR count). The van der Waals surface area contributed by atoms with E-state index < -0.39 is 39.7 Å². The standard InChI is InChI=1S/C20H12F3N3O5S/c21-20(22,23)9-1-3-10(4-2-9)32(28,29)26-15-7-14-13(8-24-25-14)18(26)12-6-17-16(5-11(12)15)30-19(27)31-17/h1-8,15,18,24-25H. The van der Waals surface area contributed by atoms with Gasteiger partial charge in [-0.1, -0.05) is 0 Å². The molecule has 0 saturated heterocycles. The molecule has 2 N–H and O–H groups in total. The molecule has 3 aliphatic rings. The highest BCUT2D eigenvalue weighted by Crippen LogP contribution is 2.55. The van der Waals surface area contributed by atoms with Crippen LogP contribution in [0.4, 0.5) is 13.2 Å². The highest BCUT2D eigenvalue weighted by atomic mass is 32.2. The van der Waals surface area contributed by atoms with Crippen molar-refractivity contribution < 1.29 is 30.4 Å². The molecule has 0 spiro atoms. The predicted octanol–water partition coefficient (Wildman–Crippen LogP) is 3.08. The molecule has 0 fully saturated rings. The summed E-state index contributed by atoms with van der Waals surface area (Å²) < 4.78 is 77.3. The average Bonchev–Trinajstić information content (AvgIpc) is 3.41. The Hall–Kier alpha value is -3.51. The lowest BCUT2D eigenvalue weighted by Crippen LogP contribution is -2.37. The minimum Gasteiger partial charge on any atom is -0.391 e. The number of rotatable bonds is 2. The van der Waals surface area contributed by atoms with Gasteiger partial charge in [-0.3, -0.25) is 0 Å². The van der Waals surface area contributed by atoms with Crippen LogP contribution in [0.25, 0.3) is 11.2 Å². The second-order valence-electron chi connectivity index (χ2n) is 7.54. The minimum atomic E-state index is -4.58. The van der Waals surface area contributed by atoms with Crippen LogP contribution in [-0.4, -0.2) is 12.7 Å². The van der Waals surface area contributed by atoms with Crippen molar-refractivity contribution in [3.05, 3.63) is 87.3 Å². The second kappa shape index (κ2) is 6.04. The number of alkyl halides is 3. The highest BCUT2D eigenvalue weighted by Gasteiger charge is 2.51. The summed E-state index contributed by atoms with van der Waals surface area (Å²) in [6, 6.07) is 4.95. The maximum Gasteiger partial charge on any atom is 0.519 e. The SMILES string of the molecule is O=c1oc2cc3c(cc2o1)C1C2=CNNC2=CC3N1S(=O)(=O)c1ccc(C(F)(F)F)cc1. The van der Waals surface area contributed by atoms with Crippen LogP contribution in [0, 0.1) is 0 Å². The number of sulfonamides is 1. The fourth-order valence-electron chi connectivity index (χ4n) is 4.44. The number of nitrogens with zero attached hydrogens (tertiary/aromatic N) is 1. The summed E-state index contributed by atoms with van der Waals surface area (Å²) >= 11 is 0. The van der Waals surface area contributed by atoms with Gasteiger partial charge in [0.15, 0.2) is 11.2 Å². The topological polar surface area (TPSA) is 105 Å². The second-order valence-corrected chi connectivity index (χ2v) is 9.38. The number of hydrogen-bond acceptors (Lipinski definition) is 7. The van der Waals surface area contributed by atoms with Crippen molar-refractivity contribution >= 4 is 21.2 Å². The van der Waals surface area contributed by atoms with Crippen LogP contribution in [-0.2, 0) is 16.2 Å². The van der Waals surface area contributed by atoms with E-state index in [2.05, 4.69) is 10.9 Å². The molecular weight excluding hydrogens is 451 g/mol. The monoisotopic (exact) mass is 463 g/mol. The van der Waals surface area contributed by atoms with Gasteiger partial charge in [0.05, 0.1) is 28.2 Å². The van der Waals surface area contributed by atoms with Crippen LogP contribution in [0.3, 0.4) is 0 Å².